The van der Waals surface area contributed by atoms with E-state index in [1.54, 1.807) is 0 Å². The molecule has 0 saturated carbocycles. The van der Waals surface area contributed by atoms with Crippen molar-refractivity contribution in [1.29, 1.82) is 0 Å². The molecule has 0 radical (unpaired) electrons. The summed E-state index contributed by atoms with van der Waals surface area (Å²) in [4.78, 5) is 2.13. The van der Waals surface area contributed by atoms with Crippen LogP contribution in [0.15, 0.2) is 36.5 Å². The topological polar surface area (TPSA) is 33.1 Å². The highest BCUT2D eigenvalue weighted by Gasteiger charge is 2.13. The number of benzene rings is 1. The van der Waals surface area contributed by atoms with E-state index in [9.17, 15) is 0 Å². The number of rotatable bonds is 6. The monoisotopic (exact) mass is 286 g/mol. The molecule has 0 aliphatic rings. The number of nitrogens with one attached hydrogen (secondary N) is 1. The minimum atomic E-state index is 0.278. The first-order valence-corrected chi connectivity index (χ1v) is 7.50. The van der Waals surface area contributed by atoms with Crippen LogP contribution in [0.4, 0.5) is 5.69 Å². The Balaban J connectivity index is 2.17. The average molecular weight is 286 g/mol. The van der Waals surface area contributed by atoms with Gasteiger partial charge in [-0.05, 0) is 44.7 Å². The molecule has 0 fully saturated rings. The van der Waals surface area contributed by atoms with Crippen LogP contribution in [-0.4, -0.2) is 30.9 Å². The van der Waals surface area contributed by atoms with Gasteiger partial charge in [-0.1, -0.05) is 12.1 Å². The van der Waals surface area contributed by atoms with Gasteiger partial charge in [-0.2, -0.15) is 5.10 Å². The van der Waals surface area contributed by atoms with Gasteiger partial charge in [-0.15, -0.1) is 0 Å². The minimum absolute atomic E-state index is 0.278. The molecule has 0 amide bonds. The highest BCUT2D eigenvalue weighted by Crippen LogP contribution is 2.22. The van der Waals surface area contributed by atoms with Crippen molar-refractivity contribution < 1.29 is 0 Å². The summed E-state index contributed by atoms with van der Waals surface area (Å²) < 4.78 is 2.01. The number of likely N-dealkylation sites (N-methyl/N-ethyl adjacent to an activating group) is 1. The summed E-state index contributed by atoms with van der Waals surface area (Å²) in [5, 5.41) is 8.05. The smallest absolute Gasteiger partial charge is 0.0643 e. The van der Waals surface area contributed by atoms with Crippen LogP contribution >= 0.6 is 0 Å². The van der Waals surface area contributed by atoms with E-state index >= 15 is 0 Å². The van der Waals surface area contributed by atoms with Gasteiger partial charge in [0, 0.05) is 44.5 Å². The Morgan fingerprint density at radius 1 is 1.24 bits per heavy atom. The molecule has 1 atom stereocenters. The van der Waals surface area contributed by atoms with Gasteiger partial charge in [0.25, 0.3) is 0 Å². The summed E-state index contributed by atoms with van der Waals surface area (Å²) in [5.41, 5.74) is 3.64. The third-order valence-electron chi connectivity index (χ3n) is 3.74. The summed E-state index contributed by atoms with van der Waals surface area (Å²) in [6.07, 6.45) is 2.95. The largest absolute Gasteiger partial charge is 0.378 e. The maximum atomic E-state index is 4.65. The van der Waals surface area contributed by atoms with Crippen LogP contribution in [0.2, 0.25) is 0 Å². The molecule has 4 heteroatoms. The van der Waals surface area contributed by atoms with Crippen molar-refractivity contribution in [1.82, 2.24) is 15.1 Å². The summed E-state index contributed by atoms with van der Waals surface area (Å²) in [5.74, 6) is 0. The highest BCUT2D eigenvalue weighted by molar-refractivity contribution is 5.48. The van der Waals surface area contributed by atoms with Crippen molar-refractivity contribution in [2.45, 2.75) is 32.4 Å². The van der Waals surface area contributed by atoms with E-state index in [2.05, 4.69) is 79.8 Å². The van der Waals surface area contributed by atoms with Gasteiger partial charge in [-0.25, -0.2) is 0 Å². The Kier molecular flexibility index (Phi) is 5.02. The molecule has 1 aromatic heterocycles. The van der Waals surface area contributed by atoms with Gasteiger partial charge in [0.15, 0.2) is 0 Å². The normalized spacial score (nSPS) is 12.7. The van der Waals surface area contributed by atoms with E-state index in [1.165, 1.54) is 11.3 Å². The molecule has 4 nitrogen and oxygen atoms in total. The molecule has 0 spiro atoms. The molecular formula is C17H26N4. The van der Waals surface area contributed by atoms with Crippen LogP contribution in [0.5, 0.6) is 0 Å². The summed E-state index contributed by atoms with van der Waals surface area (Å²) in [6, 6.07) is 11.4. The molecule has 114 valence electrons. The van der Waals surface area contributed by atoms with E-state index < -0.39 is 0 Å². The Labute approximate surface area is 127 Å². The van der Waals surface area contributed by atoms with Gasteiger partial charge >= 0.3 is 0 Å². The molecule has 0 saturated heterocycles. The fourth-order valence-electron chi connectivity index (χ4n) is 2.39. The first-order valence-electron chi connectivity index (χ1n) is 7.50. The molecule has 1 unspecified atom stereocenters. The van der Waals surface area contributed by atoms with Gasteiger partial charge in [-0.3, -0.25) is 4.68 Å². The number of nitrogens with zero attached hydrogens (tertiary/aromatic N) is 3. The molecule has 1 heterocycles. The van der Waals surface area contributed by atoms with Gasteiger partial charge in [0.2, 0.25) is 0 Å². The maximum absolute atomic E-state index is 4.65. The van der Waals surface area contributed by atoms with Crippen LogP contribution in [0.25, 0.3) is 0 Å². The van der Waals surface area contributed by atoms with Crippen LogP contribution in [0, 0.1) is 0 Å². The van der Waals surface area contributed by atoms with E-state index in [4.69, 9.17) is 0 Å². The first-order chi connectivity index (χ1) is 10.0. The van der Waals surface area contributed by atoms with Crippen LogP contribution < -0.4 is 10.2 Å². The zero-order chi connectivity index (χ0) is 15.4. The van der Waals surface area contributed by atoms with E-state index in [1.807, 2.05) is 11.7 Å². The minimum Gasteiger partial charge on any atom is -0.378 e. The molecule has 2 aromatic rings. The summed E-state index contributed by atoms with van der Waals surface area (Å²) in [6.45, 7) is 4.29. The van der Waals surface area contributed by atoms with Crippen molar-refractivity contribution in [3.05, 3.63) is 47.8 Å². The van der Waals surface area contributed by atoms with E-state index in [0.717, 1.165) is 12.1 Å². The quantitative estimate of drug-likeness (QED) is 0.886. The maximum Gasteiger partial charge on any atom is 0.0643 e. The Morgan fingerprint density at radius 3 is 2.57 bits per heavy atom. The van der Waals surface area contributed by atoms with Crippen molar-refractivity contribution in [3.8, 4) is 0 Å². The van der Waals surface area contributed by atoms with Gasteiger partial charge in [0.05, 0.1) is 5.69 Å². The Bertz CT molecular complexity index is 572. The van der Waals surface area contributed by atoms with Crippen LogP contribution in [0.3, 0.4) is 0 Å². The molecule has 0 bridgehead atoms. The van der Waals surface area contributed by atoms with Gasteiger partial charge in [0.1, 0.15) is 0 Å². The third-order valence-corrected chi connectivity index (χ3v) is 3.74. The fourth-order valence-corrected chi connectivity index (χ4v) is 2.39. The average Bonchev–Trinajstić information content (AvgIpc) is 2.93. The summed E-state index contributed by atoms with van der Waals surface area (Å²) in [7, 11) is 6.14. The van der Waals surface area contributed by atoms with Crippen molar-refractivity contribution in [3.63, 3.8) is 0 Å². The van der Waals surface area contributed by atoms with Crippen LogP contribution in [-0.2, 0) is 6.42 Å². The van der Waals surface area contributed by atoms with Crippen molar-refractivity contribution in [2.75, 3.05) is 26.0 Å². The fraction of sp³-hybridized carbons (Fsp3) is 0.471. The van der Waals surface area contributed by atoms with E-state index in [0.29, 0.717) is 6.04 Å². The predicted molar refractivity (Wildman–Crippen MR) is 88.9 cm³/mol. The zero-order valence-electron chi connectivity index (χ0n) is 13.7. The molecule has 0 aliphatic carbocycles. The second-order valence-electron chi connectivity index (χ2n) is 5.92. The third kappa shape index (κ3) is 3.85. The zero-order valence-corrected chi connectivity index (χ0v) is 13.7. The highest BCUT2D eigenvalue weighted by atomic mass is 15.3. The lowest BCUT2D eigenvalue weighted by atomic mass is 10.0. The first kappa shape index (κ1) is 15.6. The predicted octanol–water partition coefficient (Wildman–Crippen LogP) is 3.03. The molecule has 0 aliphatic heterocycles. The van der Waals surface area contributed by atoms with Gasteiger partial charge < -0.3 is 10.2 Å². The second kappa shape index (κ2) is 6.76. The Hall–Kier alpha value is -1.81. The van der Waals surface area contributed by atoms with Crippen molar-refractivity contribution >= 4 is 5.69 Å². The molecule has 1 aromatic carbocycles. The van der Waals surface area contributed by atoms with Crippen molar-refractivity contribution in [2.24, 2.45) is 0 Å². The standard InChI is InChI=1S/C17H26N4/c1-13(2)21-10-9-15(19-21)12-17(18-3)14-7-6-8-16(11-14)20(4)5/h6-11,13,17-18H,12H2,1-5H3. The lowest BCUT2D eigenvalue weighted by Gasteiger charge is -2.19. The number of hydrogen-bond acceptors (Lipinski definition) is 3. The molecule has 21 heavy (non-hydrogen) atoms. The molecule has 2 rings (SSSR count). The number of hydrogen-bond donors (Lipinski definition) is 1. The second-order valence-corrected chi connectivity index (χ2v) is 5.92. The summed E-state index contributed by atoms with van der Waals surface area (Å²) >= 11 is 0. The lowest BCUT2D eigenvalue weighted by molar-refractivity contribution is 0.515. The SMILES string of the molecule is CNC(Cc1ccn(C(C)C)n1)c1cccc(N(C)C)c1. The van der Waals surface area contributed by atoms with E-state index in [-0.39, 0.29) is 6.04 Å². The molecular weight excluding hydrogens is 260 g/mol. The number of aromatic nitrogens is 2. The van der Waals surface area contributed by atoms with Crippen LogP contribution in [0.1, 0.15) is 37.2 Å². The Morgan fingerprint density at radius 2 is 2.00 bits per heavy atom. The lowest BCUT2D eigenvalue weighted by Crippen LogP contribution is -2.20. The molecule has 1 N–H and O–H groups in total. The number of anilines is 1.